The van der Waals surface area contributed by atoms with Crippen molar-refractivity contribution in [1.29, 1.82) is 0 Å². The number of rotatable bonds is 6. The second-order valence-corrected chi connectivity index (χ2v) is 8.33. The highest BCUT2D eigenvalue weighted by molar-refractivity contribution is 6.54. The Morgan fingerprint density at radius 3 is 2.60 bits per heavy atom. The number of aliphatic carboxylic acids is 1. The summed E-state index contributed by atoms with van der Waals surface area (Å²) in [6.07, 6.45) is 0.488. The number of aryl methyl sites for hydroxylation is 1. The minimum Gasteiger partial charge on any atom is -0.481 e. The van der Waals surface area contributed by atoms with E-state index in [-0.39, 0.29) is 32.1 Å². The average molecular weight is 476 g/mol. The number of nitrogens with zero attached hydrogens (tertiary/aromatic N) is 2. The molecule has 2 heterocycles. The van der Waals surface area contributed by atoms with Gasteiger partial charge in [-0.1, -0.05) is 35.5 Å². The van der Waals surface area contributed by atoms with Crippen molar-refractivity contribution in [3.05, 3.63) is 82.7 Å². The summed E-state index contributed by atoms with van der Waals surface area (Å²) in [5, 5.41) is 21.6. The lowest BCUT2D eigenvalue weighted by molar-refractivity contribution is -0.137. The maximum Gasteiger partial charge on any atom is 0.303 e. The normalized spacial score (nSPS) is 15.6. The van der Waals surface area contributed by atoms with E-state index in [1.165, 1.54) is 17.0 Å². The number of anilines is 1. The zero-order chi connectivity index (χ0) is 24.5. The molecule has 0 saturated carbocycles. The van der Waals surface area contributed by atoms with Gasteiger partial charge < -0.3 is 24.7 Å². The predicted octanol–water partition coefficient (Wildman–Crippen LogP) is 4.10. The van der Waals surface area contributed by atoms with E-state index in [9.17, 15) is 19.2 Å². The Morgan fingerprint density at radius 1 is 1.09 bits per heavy atom. The number of carbonyl (C=O) groups is 2. The van der Waals surface area contributed by atoms with Crippen molar-refractivity contribution in [1.82, 2.24) is 0 Å². The number of amides is 1. The van der Waals surface area contributed by atoms with E-state index in [0.717, 1.165) is 16.7 Å². The highest BCUT2D eigenvalue weighted by Crippen LogP contribution is 2.37. The van der Waals surface area contributed by atoms with Gasteiger partial charge in [0.1, 0.15) is 11.6 Å². The van der Waals surface area contributed by atoms with E-state index >= 15 is 0 Å². The lowest BCUT2D eigenvalue weighted by Gasteiger charge is -2.24. The van der Waals surface area contributed by atoms with Crippen molar-refractivity contribution in [3.63, 3.8) is 0 Å². The molecule has 0 spiro atoms. The van der Waals surface area contributed by atoms with Gasteiger partial charge in [0.25, 0.3) is 5.91 Å². The molecule has 8 nitrogen and oxygen atoms in total. The van der Waals surface area contributed by atoms with E-state index in [1.54, 1.807) is 6.07 Å². The van der Waals surface area contributed by atoms with E-state index < -0.39 is 17.7 Å². The van der Waals surface area contributed by atoms with Gasteiger partial charge in [-0.3, -0.25) is 9.59 Å². The first-order valence-electron chi connectivity index (χ1n) is 11.0. The number of hydrogen-bond donors (Lipinski definition) is 2. The first-order chi connectivity index (χ1) is 16.9. The number of hydrogen-bond acceptors (Lipinski definition) is 6. The molecule has 35 heavy (non-hydrogen) atoms. The zero-order valence-electron chi connectivity index (χ0n) is 18.5. The Hall–Kier alpha value is -4.24. The Labute approximate surface area is 199 Å². The second kappa shape index (κ2) is 9.19. The molecule has 9 heteroatoms. The largest absolute Gasteiger partial charge is 0.481 e. The Balaban J connectivity index is 1.49. The van der Waals surface area contributed by atoms with Gasteiger partial charge in [0.15, 0.2) is 12.5 Å². The van der Waals surface area contributed by atoms with Crippen LogP contribution in [0.2, 0.25) is 0 Å². The maximum atomic E-state index is 14.3. The Bertz CT molecular complexity index is 1350. The molecule has 0 aliphatic carbocycles. The fourth-order valence-electron chi connectivity index (χ4n) is 4.40. The molecule has 3 aromatic carbocycles. The van der Waals surface area contributed by atoms with Crippen LogP contribution in [0.4, 0.5) is 10.1 Å². The molecule has 0 aromatic heterocycles. The molecule has 1 amide bonds. The molecule has 0 atom stereocenters. The summed E-state index contributed by atoms with van der Waals surface area (Å²) in [5.74, 6) is -1.34. The molecule has 2 N–H and O–H groups in total. The molecular weight excluding hydrogens is 455 g/mol. The fourth-order valence-corrected chi connectivity index (χ4v) is 4.40. The Morgan fingerprint density at radius 2 is 1.86 bits per heavy atom. The first kappa shape index (κ1) is 22.5. The van der Waals surface area contributed by atoms with Crippen molar-refractivity contribution in [2.45, 2.75) is 26.0 Å². The van der Waals surface area contributed by atoms with E-state index in [4.69, 9.17) is 14.6 Å². The number of ether oxygens (including phenoxy) is 2. The monoisotopic (exact) mass is 476 g/mol. The predicted molar refractivity (Wildman–Crippen MR) is 124 cm³/mol. The lowest BCUT2D eigenvalue weighted by Crippen LogP contribution is -2.30. The van der Waals surface area contributed by atoms with Gasteiger partial charge in [-0.05, 0) is 47.4 Å². The third kappa shape index (κ3) is 4.33. The van der Waals surface area contributed by atoms with Crippen LogP contribution in [-0.2, 0) is 33.9 Å². The summed E-state index contributed by atoms with van der Waals surface area (Å²) in [6, 6.07) is 15.5. The number of carboxylic acids is 1. The van der Waals surface area contributed by atoms with Crippen LogP contribution in [0.15, 0.2) is 59.8 Å². The number of halogens is 1. The third-order valence-corrected chi connectivity index (χ3v) is 6.09. The minimum absolute atomic E-state index is 0.0164. The number of fused-ring (bicyclic) bond motifs is 2. The number of oxime groups is 1. The second-order valence-electron chi connectivity index (χ2n) is 8.33. The summed E-state index contributed by atoms with van der Waals surface area (Å²) >= 11 is 0. The SMILES string of the molecule is O=C(O)CCc1ccc(-c2ccc3c(c2)N(Cc2cc(F)cc4c2OCOC4)C(=O)/C3=N\O)cc1. The van der Waals surface area contributed by atoms with Crippen LogP contribution in [0.25, 0.3) is 11.1 Å². The minimum atomic E-state index is -0.851. The molecule has 178 valence electrons. The van der Waals surface area contributed by atoms with Crippen molar-refractivity contribution < 1.29 is 33.8 Å². The number of benzene rings is 3. The van der Waals surface area contributed by atoms with Crippen LogP contribution in [-0.4, -0.2) is 34.7 Å². The van der Waals surface area contributed by atoms with Gasteiger partial charge in [0.2, 0.25) is 0 Å². The molecule has 0 radical (unpaired) electrons. The van der Waals surface area contributed by atoms with Gasteiger partial charge in [0, 0.05) is 23.1 Å². The van der Waals surface area contributed by atoms with Gasteiger partial charge in [-0.25, -0.2) is 4.39 Å². The molecule has 3 aromatic rings. The molecule has 5 rings (SSSR count). The number of carbonyl (C=O) groups excluding carboxylic acids is 1. The van der Waals surface area contributed by atoms with Crippen LogP contribution < -0.4 is 9.64 Å². The van der Waals surface area contributed by atoms with Gasteiger partial charge >= 0.3 is 5.97 Å². The zero-order valence-corrected chi connectivity index (χ0v) is 18.5. The average Bonchev–Trinajstić information content (AvgIpc) is 3.12. The molecule has 2 aliphatic heterocycles. The smallest absolute Gasteiger partial charge is 0.303 e. The van der Waals surface area contributed by atoms with Crippen molar-refractivity contribution >= 4 is 23.3 Å². The standard InChI is InChI=1S/C26H21FN2O6/c27-20-9-18(25-19(10-20)13-34-14-35-25)12-29-22-11-17(6-7-21(22)24(28-33)26(29)32)16-4-1-15(2-5-16)3-8-23(30)31/h1-2,4-7,9-11,33H,3,8,12-14H2,(H,30,31)/b28-24-. The lowest BCUT2D eigenvalue weighted by atomic mass is 9.99. The summed E-state index contributed by atoms with van der Waals surface area (Å²) in [7, 11) is 0. The van der Waals surface area contributed by atoms with Crippen LogP contribution in [0.5, 0.6) is 5.75 Å². The summed E-state index contributed by atoms with van der Waals surface area (Å²) in [6.45, 7) is 0.259. The quantitative estimate of drug-likeness (QED) is 0.410. The van der Waals surface area contributed by atoms with Crippen molar-refractivity contribution in [2.75, 3.05) is 11.7 Å². The van der Waals surface area contributed by atoms with Gasteiger partial charge in [-0.2, -0.15) is 0 Å². The number of carboxylic acid groups (broad SMARTS) is 1. The summed E-state index contributed by atoms with van der Waals surface area (Å²) in [4.78, 5) is 25.3. The Kier molecular flexibility index (Phi) is 5.92. The maximum absolute atomic E-state index is 14.3. The highest BCUT2D eigenvalue weighted by atomic mass is 19.1. The van der Waals surface area contributed by atoms with Crippen LogP contribution in [0, 0.1) is 5.82 Å². The van der Waals surface area contributed by atoms with Crippen LogP contribution >= 0.6 is 0 Å². The van der Waals surface area contributed by atoms with E-state index in [2.05, 4.69) is 5.16 Å². The third-order valence-electron chi connectivity index (χ3n) is 6.09. The van der Waals surface area contributed by atoms with Crippen LogP contribution in [0.3, 0.4) is 0 Å². The van der Waals surface area contributed by atoms with E-state index in [1.807, 2.05) is 36.4 Å². The van der Waals surface area contributed by atoms with Crippen molar-refractivity contribution in [2.24, 2.45) is 5.16 Å². The fraction of sp³-hybridized carbons (Fsp3) is 0.192. The molecule has 2 aliphatic rings. The van der Waals surface area contributed by atoms with Crippen molar-refractivity contribution in [3.8, 4) is 16.9 Å². The summed E-state index contributed by atoms with van der Waals surface area (Å²) in [5.41, 5.74) is 4.54. The van der Waals surface area contributed by atoms with Gasteiger partial charge in [0.05, 0.1) is 18.8 Å². The summed E-state index contributed by atoms with van der Waals surface area (Å²) < 4.78 is 25.1. The molecule has 0 bridgehead atoms. The topological polar surface area (TPSA) is 109 Å². The van der Waals surface area contributed by atoms with Gasteiger partial charge in [-0.15, -0.1) is 0 Å². The van der Waals surface area contributed by atoms with E-state index in [0.29, 0.717) is 34.5 Å². The molecule has 0 saturated heterocycles. The highest BCUT2D eigenvalue weighted by Gasteiger charge is 2.36. The molecular formula is C26H21FN2O6. The van der Waals surface area contributed by atoms with Crippen LogP contribution in [0.1, 0.15) is 28.7 Å². The first-order valence-corrected chi connectivity index (χ1v) is 11.0. The molecule has 0 fully saturated rings. The molecule has 0 unspecified atom stereocenters.